The number of nitrogens with one attached hydrogen (secondary N) is 1. The van der Waals surface area contributed by atoms with Gasteiger partial charge >= 0.3 is 0 Å². The van der Waals surface area contributed by atoms with Gasteiger partial charge in [-0.15, -0.1) is 0 Å². The van der Waals surface area contributed by atoms with Gasteiger partial charge in [-0.05, 0) is 25.1 Å². The Bertz CT molecular complexity index is 447. The average Bonchev–Trinajstić information content (AvgIpc) is 2.65. The Balaban J connectivity index is 2.37. The third-order valence-corrected chi connectivity index (χ3v) is 2.22. The van der Waals surface area contributed by atoms with Gasteiger partial charge in [0.1, 0.15) is 0 Å². The number of pyridine rings is 1. The molecule has 0 unspecified atom stereocenters. The third kappa shape index (κ3) is 1.98. The van der Waals surface area contributed by atoms with Crippen molar-refractivity contribution in [3.63, 3.8) is 0 Å². The molecule has 0 saturated heterocycles. The van der Waals surface area contributed by atoms with Crippen LogP contribution in [-0.2, 0) is 7.05 Å². The Hall–Kier alpha value is -1.84. The van der Waals surface area contributed by atoms with Gasteiger partial charge in [0.25, 0.3) is 0 Å². The molecule has 0 bridgehead atoms. The third-order valence-electron chi connectivity index (χ3n) is 2.22. The van der Waals surface area contributed by atoms with Gasteiger partial charge in [0, 0.05) is 31.7 Å². The lowest BCUT2D eigenvalue weighted by Crippen LogP contribution is -1.99. The topological polar surface area (TPSA) is 42.7 Å². The highest BCUT2D eigenvalue weighted by atomic mass is 15.3. The van der Waals surface area contributed by atoms with E-state index in [1.54, 1.807) is 12.4 Å². The van der Waals surface area contributed by atoms with Crippen molar-refractivity contribution in [1.29, 1.82) is 0 Å². The standard InChI is InChI=1S/C11H14N4/c1-3-12-9-4-6-13-10(8-9)11-5-7-14-15(11)2/h4-8H,3H2,1-2H3,(H,12,13). The highest BCUT2D eigenvalue weighted by molar-refractivity contribution is 5.60. The van der Waals surface area contributed by atoms with Crippen molar-refractivity contribution >= 4 is 5.69 Å². The molecule has 2 rings (SSSR count). The Labute approximate surface area is 89.0 Å². The van der Waals surface area contributed by atoms with Gasteiger partial charge in [0.15, 0.2) is 0 Å². The predicted molar refractivity (Wildman–Crippen MR) is 60.6 cm³/mol. The molecule has 2 heterocycles. The van der Waals surface area contributed by atoms with Gasteiger partial charge in [0.2, 0.25) is 0 Å². The maximum atomic E-state index is 4.32. The number of rotatable bonds is 3. The summed E-state index contributed by atoms with van der Waals surface area (Å²) in [6.45, 7) is 2.99. The molecule has 0 radical (unpaired) electrons. The second-order valence-corrected chi connectivity index (χ2v) is 3.30. The van der Waals surface area contributed by atoms with E-state index in [-0.39, 0.29) is 0 Å². The lowest BCUT2D eigenvalue weighted by atomic mass is 10.2. The summed E-state index contributed by atoms with van der Waals surface area (Å²) in [4.78, 5) is 4.32. The van der Waals surface area contributed by atoms with Crippen molar-refractivity contribution in [2.24, 2.45) is 7.05 Å². The molecule has 0 amide bonds. The normalized spacial score (nSPS) is 10.3. The first kappa shape index (κ1) is 9.71. The Morgan fingerprint density at radius 2 is 2.20 bits per heavy atom. The summed E-state index contributed by atoms with van der Waals surface area (Å²) >= 11 is 0. The number of aromatic nitrogens is 3. The van der Waals surface area contributed by atoms with Gasteiger partial charge in [-0.1, -0.05) is 0 Å². The second-order valence-electron chi connectivity index (χ2n) is 3.30. The molecular weight excluding hydrogens is 188 g/mol. The molecule has 15 heavy (non-hydrogen) atoms. The number of aryl methyl sites for hydroxylation is 1. The molecule has 4 nitrogen and oxygen atoms in total. The van der Waals surface area contributed by atoms with Crippen LogP contribution in [0.5, 0.6) is 0 Å². The first-order valence-corrected chi connectivity index (χ1v) is 4.99. The van der Waals surface area contributed by atoms with Crippen molar-refractivity contribution < 1.29 is 0 Å². The minimum atomic E-state index is 0.912. The lowest BCUT2D eigenvalue weighted by molar-refractivity contribution is 0.773. The molecule has 0 aliphatic rings. The zero-order valence-corrected chi connectivity index (χ0v) is 8.94. The summed E-state index contributed by atoms with van der Waals surface area (Å²) in [6, 6.07) is 5.95. The lowest BCUT2D eigenvalue weighted by Gasteiger charge is -2.05. The number of nitrogens with zero attached hydrogens (tertiary/aromatic N) is 3. The fraction of sp³-hybridized carbons (Fsp3) is 0.273. The van der Waals surface area contributed by atoms with Crippen molar-refractivity contribution in [3.05, 3.63) is 30.6 Å². The van der Waals surface area contributed by atoms with Gasteiger partial charge in [-0.3, -0.25) is 9.67 Å². The molecule has 4 heteroatoms. The van der Waals surface area contributed by atoms with E-state index in [0.717, 1.165) is 23.6 Å². The number of hydrogen-bond acceptors (Lipinski definition) is 3. The van der Waals surface area contributed by atoms with E-state index in [9.17, 15) is 0 Å². The molecule has 0 fully saturated rings. The average molecular weight is 202 g/mol. The quantitative estimate of drug-likeness (QED) is 0.826. The summed E-state index contributed by atoms with van der Waals surface area (Å²) in [5, 5.41) is 7.38. The first-order valence-electron chi connectivity index (χ1n) is 4.99. The van der Waals surface area contributed by atoms with E-state index in [1.807, 2.05) is 29.9 Å². The van der Waals surface area contributed by atoms with Gasteiger partial charge in [-0.25, -0.2) is 0 Å². The van der Waals surface area contributed by atoms with E-state index in [1.165, 1.54) is 0 Å². The molecule has 2 aromatic rings. The van der Waals surface area contributed by atoms with Crippen LogP contribution in [0.3, 0.4) is 0 Å². The van der Waals surface area contributed by atoms with Crippen LogP contribution in [0.4, 0.5) is 5.69 Å². The maximum absolute atomic E-state index is 4.32. The molecule has 0 saturated carbocycles. The largest absolute Gasteiger partial charge is 0.385 e. The number of anilines is 1. The van der Waals surface area contributed by atoms with Crippen molar-refractivity contribution in [1.82, 2.24) is 14.8 Å². The summed E-state index contributed by atoms with van der Waals surface area (Å²) in [6.07, 6.45) is 3.58. The molecule has 78 valence electrons. The monoisotopic (exact) mass is 202 g/mol. The maximum Gasteiger partial charge on any atom is 0.0903 e. The summed E-state index contributed by atoms with van der Waals surface area (Å²) in [5.74, 6) is 0. The van der Waals surface area contributed by atoms with E-state index in [4.69, 9.17) is 0 Å². The second kappa shape index (κ2) is 4.13. The highest BCUT2D eigenvalue weighted by Crippen LogP contribution is 2.18. The summed E-state index contributed by atoms with van der Waals surface area (Å²) < 4.78 is 1.82. The van der Waals surface area contributed by atoms with Crippen molar-refractivity contribution in [2.75, 3.05) is 11.9 Å². The number of hydrogen-bond donors (Lipinski definition) is 1. The summed E-state index contributed by atoms with van der Waals surface area (Å²) in [5.41, 5.74) is 3.05. The van der Waals surface area contributed by atoms with Crippen LogP contribution in [0.2, 0.25) is 0 Å². The fourth-order valence-corrected chi connectivity index (χ4v) is 1.51. The molecule has 0 aromatic carbocycles. The van der Waals surface area contributed by atoms with Crippen LogP contribution in [0.1, 0.15) is 6.92 Å². The van der Waals surface area contributed by atoms with E-state index >= 15 is 0 Å². The van der Waals surface area contributed by atoms with E-state index in [0.29, 0.717) is 0 Å². The van der Waals surface area contributed by atoms with Crippen LogP contribution in [0, 0.1) is 0 Å². The van der Waals surface area contributed by atoms with Crippen LogP contribution in [0.25, 0.3) is 11.4 Å². The smallest absolute Gasteiger partial charge is 0.0903 e. The van der Waals surface area contributed by atoms with E-state index in [2.05, 4.69) is 22.3 Å². The van der Waals surface area contributed by atoms with Gasteiger partial charge < -0.3 is 5.32 Å². The Morgan fingerprint density at radius 3 is 2.87 bits per heavy atom. The SMILES string of the molecule is CCNc1ccnc(-c2ccnn2C)c1. The van der Waals surface area contributed by atoms with Crippen molar-refractivity contribution in [3.8, 4) is 11.4 Å². The molecule has 0 atom stereocenters. The highest BCUT2D eigenvalue weighted by Gasteiger charge is 2.03. The van der Waals surface area contributed by atoms with Gasteiger partial charge in [-0.2, -0.15) is 5.10 Å². The fourth-order valence-electron chi connectivity index (χ4n) is 1.51. The van der Waals surface area contributed by atoms with Crippen LogP contribution >= 0.6 is 0 Å². The Kier molecular flexibility index (Phi) is 2.67. The molecule has 0 aliphatic carbocycles. The molecular formula is C11H14N4. The Morgan fingerprint density at radius 1 is 1.33 bits per heavy atom. The molecule has 1 N–H and O–H groups in total. The van der Waals surface area contributed by atoms with Crippen LogP contribution < -0.4 is 5.32 Å². The van der Waals surface area contributed by atoms with Crippen LogP contribution in [-0.4, -0.2) is 21.3 Å². The molecule has 0 aliphatic heterocycles. The minimum absolute atomic E-state index is 0.912. The van der Waals surface area contributed by atoms with Gasteiger partial charge in [0.05, 0.1) is 11.4 Å². The molecule has 0 spiro atoms. The summed E-state index contributed by atoms with van der Waals surface area (Å²) in [7, 11) is 1.91. The minimum Gasteiger partial charge on any atom is -0.385 e. The van der Waals surface area contributed by atoms with Crippen LogP contribution in [0.15, 0.2) is 30.6 Å². The zero-order valence-electron chi connectivity index (χ0n) is 8.94. The molecule has 2 aromatic heterocycles. The van der Waals surface area contributed by atoms with E-state index < -0.39 is 0 Å². The van der Waals surface area contributed by atoms with Crippen molar-refractivity contribution in [2.45, 2.75) is 6.92 Å². The first-order chi connectivity index (χ1) is 7.31. The predicted octanol–water partition coefficient (Wildman–Crippen LogP) is 1.91. The zero-order chi connectivity index (χ0) is 10.7.